The van der Waals surface area contributed by atoms with E-state index in [0.717, 1.165) is 48.2 Å². The molecule has 29 heavy (non-hydrogen) atoms. The topological polar surface area (TPSA) is 29.0 Å². The minimum absolute atomic E-state index is 0.577. The summed E-state index contributed by atoms with van der Waals surface area (Å²) in [7, 11) is 0. The monoisotopic (exact) mass is 405 g/mol. The summed E-state index contributed by atoms with van der Waals surface area (Å²) in [5.41, 5.74) is 5.76. The van der Waals surface area contributed by atoms with Crippen molar-refractivity contribution in [3.8, 4) is 0 Å². The lowest BCUT2D eigenvalue weighted by Crippen LogP contribution is -2.26. The minimum atomic E-state index is 0.577. The van der Waals surface area contributed by atoms with Crippen molar-refractivity contribution in [2.24, 2.45) is 0 Å². The number of rotatable bonds is 9. The van der Waals surface area contributed by atoms with Crippen LogP contribution >= 0.6 is 11.8 Å². The lowest BCUT2D eigenvalue weighted by atomic mass is 10.0. The van der Waals surface area contributed by atoms with Crippen LogP contribution in [0.2, 0.25) is 0 Å². The van der Waals surface area contributed by atoms with Crippen molar-refractivity contribution in [1.82, 2.24) is 14.9 Å². The van der Waals surface area contributed by atoms with E-state index >= 15 is 0 Å². The average molecular weight is 406 g/mol. The third-order valence-electron chi connectivity index (χ3n) is 4.89. The summed E-state index contributed by atoms with van der Waals surface area (Å²) in [5.74, 6) is 1.62. The largest absolute Gasteiger partial charge is 0.291 e. The molecule has 0 atom stereocenters. The summed E-state index contributed by atoms with van der Waals surface area (Å²) in [6, 6.07) is 21.5. The molecular formula is C25H31N3S. The molecule has 0 saturated heterocycles. The Balaban J connectivity index is 1.63. The number of pyridine rings is 2. The maximum Gasteiger partial charge on any atom is 0.0547 e. The molecule has 0 aliphatic heterocycles. The predicted molar refractivity (Wildman–Crippen MR) is 123 cm³/mol. The van der Waals surface area contributed by atoms with Crippen molar-refractivity contribution in [1.29, 1.82) is 0 Å². The summed E-state index contributed by atoms with van der Waals surface area (Å²) >= 11 is 1.91. The first-order valence-electron chi connectivity index (χ1n) is 10.3. The predicted octanol–water partition coefficient (Wildman–Crippen LogP) is 6.01. The summed E-state index contributed by atoms with van der Waals surface area (Å²) in [5, 5.41) is 0. The van der Waals surface area contributed by atoms with Crippen molar-refractivity contribution in [3.05, 3.63) is 89.0 Å². The highest BCUT2D eigenvalue weighted by atomic mass is 32.2. The van der Waals surface area contributed by atoms with Crippen LogP contribution in [-0.2, 0) is 13.1 Å². The summed E-state index contributed by atoms with van der Waals surface area (Å²) < 4.78 is 0. The molecule has 0 aliphatic rings. The number of aryl methyl sites for hydroxylation is 2. The van der Waals surface area contributed by atoms with E-state index in [2.05, 4.69) is 67.3 Å². The fourth-order valence-corrected chi connectivity index (χ4v) is 4.20. The van der Waals surface area contributed by atoms with Gasteiger partial charge in [0.25, 0.3) is 0 Å². The number of thioether (sulfide) groups is 1. The number of hydrogen-bond donors (Lipinski definition) is 0. The number of nitrogens with zero attached hydrogens (tertiary/aromatic N) is 3. The van der Waals surface area contributed by atoms with Crippen LogP contribution < -0.4 is 0 Å². The minimum Gasteiger partial charge on any atom is -0.291 e. The smallest absolute Gasteiger partial charge is 0.0547 e. The highest BCUT2D eigenvalue weighted by Gasteiger charge is 2.10. The van der Waals surface area contributed by atoms with E-state index in [9.17, 15) is 0 Å². The fourth-order valence-electron chi connectivity index (χ4n) is 3.29. The van der Waals surface area contributed by atoms with Gasteiger partial charge in [-0.1, -0.05) is 38.1 Å². The molecule has 0 aliphatic carbocycles. The molecule has 0 fully saturated rings. The fraction of sp³-hybridized carbons (Fsp3) is 0.360. The Labute approximate surface area is 179 Å². The second-order valence-electron chi connectivity index (χ2n) is 7.82. The molecule has 0 unspecified atom stereocenters. The third-order valence-corrected chi connectivity index (χ3v) is 5.88. The molecule has 0 bridgehead atoms. The molecule has 152 valence electrons. The Morgan fingerprint density at radius 3 is 1.83 bits per heavy atom. The lowest BCUT2D eigenvalue weighted by molar-refractivity contribution is 0.267. The quantitative estimate of drug-likeness (QED) is 0.408. The normalized spacial score (nSPS) is 11.4. The SMILES string of the molecule is Cc1cccc(CN(CCSc2ccc(C(C)C)cc2)Cc2cccc(C)n2)n1. The molecule has 3 rings (SSSR count). The van der Waals surface area contributed by atoms with Gasteiger partial charge in [0.15, 0.2) is 0 Å². The molecule has 3 nitrogen and oxygen atoms in total. The highest BCUT2D eigenvalue weighted by molar-refractivity contribution is 7.99. The molecule has 2 aromatic heterocycles. The maximum absolute atomic E-state index is 4.70. The van der Waals surface area contributed by atoms with E-state index in [1.807, 2.05) is 37.7 Å². The van der Waals surface area contributed by atoms with Crippen molar-refractivity contribution in [2.75, 3.05) is 12.3 Å². The molecule has 1 aromatic carbocycles. The van der Waals surface area contributed by atoms with Crippen LogP contribution in [0.3, 0.4) is 0 Å². The van der Waals surface area contributed by atoms with Gasteiger partial charge in [0.2, 0.25) is 0 Å². The van der Waals surface area contributed by atoms with Gasteiger partial charge in [-0.2, -0.15) is 0 Å². The second-order valence-corrected chi connectivity index (χ2v) is 8.99. The van der Waals surface area contributed by atoms with Gasteiger partial charge in [-0.25, -0.2) is 0 Å². The van der Waals surface area contributed by atoms with Gasteiger partial charge in [-0.05, 0) is 61.7 Å². The summed E-state index contributed by atoms with van der Waals surface area (Å²) in [4.78, 5) is 13.2. The molecule has 0 amide bonds. The first-order chi connectivity index (χ1) is 14.0. The second kappa shape index (κ2) is 10.6. The van der Waals surface area contributed by atoms with Crippen LogP contribution in [0.4, 0.5) is 0 Å². The van der Waals surface area contributed by atoms with E-state index in [0.29, 0.717) is 5.92 Å². The van der Waals surface area contributed by atoms with Crippen LogP contribution in [0, 0.1) is 13.8 Å². The highest BCUT2D eigenvalue weighted by Crippen LogP contribution is 2.22. The van der Waals surface area contributed by atoms with Crippen LogP contribution in [0.25, 0.3) is 0 Å². The number of aromatic nitrogens is 2. The molecule has 2 heterocycles. The van der Waals surface area contributed by atoms with Gasteiger partial charge >= 0.3 is 0 Å². The van der Waals surface area contributed by atoms with Crippen LogP contribution in [0.5, 0.6) is 0 Å². The van der Waals surface area contributed by atoms with Gasteiger partial charge in [0, 0.05) is 41.7 Å². The van der Waals surface area contributed by atoms with Crippen molar-refractivity contribution >= 4 is 11.8 Å². The van der Waals surface area contributed by atoms with Crippen molar-refractivity contribution in [3.63, 3.8) is 0 Å². The molecular weight excluding hydrogens is 374 g/mol. The van der Waals surface area contributed by atoms with Gasteiger partial charge in [-0.15, -0.1) is 11.8 Å². The number of benzene rings is 1. The summed E-state index contributed by atoms with van der Waals surface area (Å²) in [6.45, 7) is 11.2. The van der Waals surface area contributed by atoms with Gasteiger partial charge in [-0.3, -0.25) is 14.9 Å². The van der Waals surface area contributed by atoms with Crippen LogP contribution in [-0.4, -0.2) is 27.2 Å². The molecule has 0 spiro atoms. The average Bonchev–Trinajstić information content (AvgIpc) is 2.68. The lowest BCUT2D eigenvalue weighted by Gasteiger charge is -2.22. The van der Waals surface area contributed by atoms with Gasteiger partial charge in [0.1, 0.15) is 0 Å². The Kier molecular flexibility index (Phi) is 7.84. The van der Waals surface area contributed by atoms with E-state index in [4.69, 9.17) is 9.97 Å². The Bertz CT molecular complexity index is 858. The molecule has 0 saturated carbocycles. The van der Waals surface area contributed by atoms with Gasteiger partial charge < -0.3 is 0 Å². The zero-order valence-electron chi connectivity index (χ0n) is 17.9. The molecule has 3 aromatic rings. The van der Waals surface area contributed by atoms with E-state index in [1.54, 1.807) is 0 Å². The molecule has 4 heteroatoms. The Morgan fingerprint density at radius 1 is 0.793 bits per heavy atom. The van der Waals surface area contributed by atoms with E-state index in [1.165, 1.54) is 10.5 Å². The maximum atomic E-state index is 4.70. The zero-order chi connectivity index (χ0) is 20.6. The standard InChI is InChI=1S/C25H31N3S/c1-19(2)22-11-13-25(14-12-22)29-16-15-28(17-23-9-5-7-20(3)26-23)18-24-10-6-8-21(4)27-24/h5-14,19H,15-18H2,1-4H3. The third kappa shape index (κ3) is 6.98. The molecule has 0 N–H and O–H groups in total. The first-order valence-corrected chi connectivity index (χ1v) is 11.3. The van der Waals surface area contributed by atoms with E-state index in [-0.39, 0.29) is 0 Å². The number of hydrogen-bond acceptors (Lipinski definition) is 4. The zero-order valence-corrected chi connectivity index (χ0v) is 18.7. The van der Waals surface area contributed by atoms with Crippen molar-refractivity contribution < 1.29 is 0 Å². The Morgan fingerprint density at radius 2 is 1.34 bits per heavy atom. The Hall–Kier alpha value is -2.17. The first kappa shape index (κ1) is 21.5. The van der Waals surface area contributed by atoms with Crippen LogP contribution in [0.1, 0.15) is 48.1 Å². The van der Waals surface area contributed by atoms with Crippen molar-refractivity contribution in [2.45, 2.75) is 51.6 Å². The van der Waals surface area contributed by atoms with Gasteiger partial charge in [0.05, 0.1) is 11.4 Å². The molecule has 0 radical (unpaired) electrons. The van der Waals surface area contributed by atoms with E-state index < -0.39 is 0 Å². The van der Waals surface area contributed by atoms with Crippen LogP contribution in [0.15, 0.2) is 65.6 Å². The summed E-state index contributed by atoms with van der Waals surface area (Å²) in [6.07, 6.45) is 0.